The van der Waals surface area contributed by atoms with E-state index in [1.165, 1.54) is 0 Å². The van der Waals surface area contributed by atoms with Crippen LogP contribution in [0.4, 0.5) is 0 Å². The second-order valence-corrected chi connectivity index (χ2v) is 6.22. The predicted molar refractivity (Wildman–Crippen MR) is 95.2 cm³/mol. The van der Waals surface area contributed by atoms with Crippen molar-refractivity contribution in [3.05, 3.63) is 59.0 Å². The van der Waals surface area contributed by atoms with E-state index in [1.807, 2.05) is 31.2 Å². The van der Waals surface area contributed by atoms with Crippen molar-refractivity contribution in [2.45, 2.75) is 19.5 Å². The number of carbonyl (C=O) groups is 1. The molecule has 1 amide bonds. The van der Waals surface area contributed by atoms with Gasteiger partial charge in [0, 0.05) is 31.7 Å². The van der Waals surface area contributed by atoms with E-state index in [1.54, 1.807) is 12.1 Å². The van der Waals surface area contributed by atoms with Gasteiger partial charge in [0.25, 0.3) is 5.91 Å². The van der Waals surface area contributed by atoms with Gasteiger partial charge in [0.15, 0.2) is 0 Å². The van der Waals surface area contributed by atoms with Crippen LogP contribution < -0.4 is 11.1 Å². The first-order valence-electron chi connectivity index (χ1n) is 8.62. The van der Waals surface area contributed by atoms with E-state index < -0.39 is 0 Å². The average Bonchev–Trinajstić information content (AvgIpc) is 3.09. The number of amides is 1. The fourth-order valence-electron chi connectivity index (χ4n) is 3.01. The summed E-state index contributed by atoms with van der Waals surface area (Å²) in [4.78, 5) is 14.7. The maximum atomic E-state index is 12.5. The second-order valence-electron chi connectivity index (χ2n) is 6.22. The van der Waals surface area contributed by atoms with Gasteiger partial charge in [-0.25, -0.2) is 0 Å². The fourth-order valence-corrected chi connectivity index (χ4v) is 3.01. The van der Waals surface area contributed by atoms with Gasteiger partial charge in [-0.2, -0.15) is 0 Å². The molecule has 6 nitrogen and oxygen atoms in total. The molecule has 6 heteroatoms. The van der Waals surface area contributed by atoms with E-state index in [4.69, 9.17) is 14.9 Å². The largest absolute Gasteiger partial charge is 0.465 e. The number of nitrogens with one attached hydrogen (secondary N) is 1. The lowest BCUT2D eigenvalue weighted by atomic mass is 10.1. The third-order valence-electron chi connectivity index (χ3n) is 4.48. The average molecular weight is 343 g/mol. The quantitative estimate of drug-likeness (QED) is 0.837. The van der Waals surface area contributed by atoms with E-state index in [-0.39, 0.29) is 11.9 Å². The Morgan fingerprint density at radius 3 is 2.52 bits per heavy atom. The molecule has 1 atom stereocenters. The third-order valence-corrected chi connectivity index (χ3v) is 4.48. The number of hydrogen-bond donors (Lipinski definition) is 2. The Kier molecular flexibility index (Phi) is 5.86. The van der Waals surface area contributed by atoms with Gasteiger partial charge in [0.05, 0.1) is 19.3 Å². The van der Waals surface area contributed by atoms with Gasteiger partial charge >= 0.3 is 0 Å². The van der Waals surface area contributed by atoms with Gasteiger partial charge in [-0.3, -0.25) is 9.69 Å². The van der Waals surface area contributed by atoms with Crippen molar-refractivity contribution >= 4 is 5.91 Å². The van der Waals surface area contributed by atoms with Crippen LogP contribution in [0.5, 0.6) is 0 Å². The van der Waals surface area contributed by atoms with E-state index in [9.17, 15) is 4.79 Å². The summed E-state index contributed by atoms with van der Waals surface area (Å²) in [5, 5.41) is 3.03. The van der Waals surface area contributed by atoms with Crippen LogP contribution in [-0.4, -0.2) is 43.7 Å². The van der Waals surface area contributed by atoms with Gasteiger partial charge in [-0.15, -0.1) is 0 Å². The summed E-state index contributed by atoms with van der Waals surface area (Å²) in [5.74, 6) is 1.65. The van der Waals surface area contributed by atoms with Crippen molar-refractivity contribution in [1.29, 1.82) is 0 Å². The molecule has 134 valence electrons. The zero-order valence-corrected chi connectivity index (χ0v) is 14.5. The van der Waals surface area contributed by atoms with Crippen LogP contribution in [0.25, 0.3) is 0 Å². The van der Waals surface area contributed by atoms with Crippen molar-refractivity contribution < 1.29 is 13.9 Å². The Balaban J connectivity index is 1.67. The Morgan fingerprint density at radius 1 is 1.20 bits per heavy atom. The first-order chi connectivity index (χ1) is 12.2. The molecule has 2 heterocycles. The summed E-state index contributed by atoms with van der Waals surface area (Å²) < 4.78 is 11.3. The van der Waals surface area contributed by atoms with Crippen LogP contribution in [0.15, 0.2) is 40.8 Å². The van der Waals surface area contributed by atoms with E-state index >= 15 is 0 Å². The van der Waals surface area contributed by atoms with Crippen LogP contribution in [-0.2, 0) is 11.3 Å². The molecule has 3 N–H and O–H groups in total. The van der Waals surface area contributed by atoms with Crippen LogP contribution >= 0.6 is 0 Å². The first kappa shape index (κ1) is 17.7. The topological polar surface area (TPSA) is 80.7 Å². The number of nitrogens with zero attached hydrogens (tertiary/aromatic N) is 1. The van der Waals surface area contributed by atoms with Gasteiger partial charge in [-0.05, 0) is 36.8 Å². The van der Waals surface area contributed by atoms with E-state index in [0.717, 1.165) is 30.2 Å². The van der Waals surface area contributed by atoms with Crippen LogP contribution in [0.2, 0.25) is 0 Å². The van der Waals surface area contributed by atoms with E-state index in [0.29, 0.717) is 31.9 Å². The SMILES string of the molecule is Cc1ccc(C(CNC(=O)c2ccc(CN)cc2)N2CCOCC2)o1. The van der Waals surface area contributed by atoms with Gasteiger partial charge in [0.2, 0.25) is 0 Å². The normalized spacial score (nSPS) is 16.6. The Morgan fingerprint density at radius 2 is 1.92 bits per heavy atom. The molecule has 0 saturated carbocycles. The van der Waals surface area contributed by atoms with Crippen molar-refractivity contribution in [2.24, 2.45) is 5.73 Å². The number of nitrogens with two attached hydrogens (primary N) is 1. The zero-order chi connectivity index (χ0) is 17.6. The summed E-state index contributed by atoms with van der Waals surface area (Å²) >= 11 is 0. The van der Waals surface area contributed by atoms with Gasteiger partial charge in [-0.1, -0.05) is 12.1 Å². The number of aryl methyl sites for hydroxylation is 1. The number of ether oxygens (including phenoxy) is 1. The summed E-state index contributed by atoms with van der Waals surface area (Å²) in [5.41, 5.74) is 7.24. The van der Waals surface area contributed by atoms with Crippen molar-refractivity contribution in [2.75, 3.05) is 32.8 Å². The highest BCUT2D eigenvalue weighted by atomic mass is 16.5. The van der Waals surface area contributed by atoms with Crippen molar-refractivity contribution in [3.8, 4) is 0 Å². The third kappa shape index (κ3) is 4.48. The second kappa shape index (κ2) is 8.29. The number of furan rings is 1. The maximum absolute atomic E-state index is 12.5. The number of hydrogen-bond acceptors (Lipinski definition) is 5. The molecule has 0 spiro atoms. The summed E-state index contributed by atoms with van der Waals surface area (Å²) in [6, 6.07) is 11.3. The van der Waals surface area contributed by atoms with Crippen LogP contribution in [0.1, 0.15) is 33.5 Å². The minimum absolute atomic E-state index is 0.00450. The van der Waals surface area contributed by atoms with Crippen molar-refractivity contribution in [1.82, 2.24) is 10.2 Å². The highest BCUT2D eigenvalue weighted by Gasteiger charge is 2.25. The monoisotopic (exact) mass is 343 g/mol. The summed E-state index contributed by atoms with van der Waals surface area (Å²) in [7, 11) is 0. The lowest BCUT2D eigenvalue weighted by Gasteiger charge is -2.33. The molecule has 1 saturated heterocycles. The molecule has 1 aliphatic heterocycles. The lowest BCUT2D eigenvalue weighted by molar-refractivity contribution is 0.0117. The maximum Gasteiger partial charge on any atom is 0.251 e. The zero-order valence-electron chi connectivity index (χ0n) is 14.5. The molecule has 1 aromatic heterocycles. The minimum Gasteiger partial charge on any atom is -0.465 e. The minimum atomic E-state index is -0.0925. The molecule has 1 aromatic carbocycles. The number of morpholine rings is 1. The highest BCUT2D eigenvalue weighted by molar-refractivity contribution is 5.94. The summed E-state index contributed by atoms with van der Waals surface area (Å²) in [6.45, 7) is 5.94. The molecular weight excluding hydrogens is 318 g/mol. The molecule has 1 fully saturated rings. The number of carbonyl (C=O) groups excluding carboxylic acids is 1. The number of rotatable bonds is 6. The molecule has 0 aliphatic carbocycles. The van der Waals surface area contributed by atoms with E-state index in [2.05, 4.69) is 10.2 Å². The molecule has 0 radical (unpaired) electrons. The highest BCUT2D eigenvalue weighted by Crippen LogP contribution is 2.23. The molecule has 2 aromatic rings. The van der Waals surface area contributed by atoms with Gasteiger partial charge in [0.1, 0.15) is 11.5 Å². The summed E-state index contributed by atoms with van der Waals surface area (Å²) in [6.07, 6.45) is 0. The fraction of sp³-hybridized carbons (Fsp3) is 0.421. The lowest BCUT2D eigenvalue weighted by Crippen LogP contribution is -2.43. The molecule has 25 heavy (non-hydrogen) atoms. The van der Waals surface area contributed by atoms with Crippen LogP contribution in [0.3, 0.4) is 0 Å². The number of benzene rings is 1. The smallest absolute Gasteiger partial charge is 0.251 e. The van der Waals surface area contributed by atoms with Crippen molar-refractivity contribution in [3.63, 3.8) is 0 Å². The molecule has 1 aliphatic rings. The molecule has 1 unspecified atom stereocenters. The molecule has 3 rings (SSSR count). The molecule has 0 bridgehead atoms. The standard InChI is InChI=1S/C19H25N3O3/c1-14-2-7-18(25-14)17(22-8-10-24-11-9-22)13-21-19(23)16-5-3-15(12-20)4-6-16/h2-7,17H,8-13,20H2,1H3,(H,21,23). The van der Waals surface area contributed by atoms with Crippen LogP contribution in [0, 0.1) is 6.92 Å². The Bertz CT molecular complexity index is 690. The Labute approximate surface area is 147 Å². The Hall–Kier alpha value is -2.15. The van der Waals surface area contributed by atoms with Gasteiger partial charge < -0.3 is 20.2 Å². The molecular formula is C19H25N3O3. The first-order valence-corrected chi connectivity index (χ1v) is 8.62. The predicted octanol–water partition coefficient (Wildman–Crippen LogP) is 1.85.